The number of aromatic nitrogens is 1. The molecule has 0 saturated heterocycles. The van der Waals surface area contributed by atoms with E-state index in [0.29, 0.717) is 39.4 Å². The normalized spacial score (nSPS) is 16.8. The smallest absolute Gasteiger partial charge is 0.335 e. The Morgan fingerprint density at radius 3 is 2.58 bits per heavy atom. The number of fused-ring (bicyclic) bond motifs is 1. The fourth-order valence-corrected chi connectivity index (χ4v) is 5.90. The molecule has 6 rings (SSSR count). The van der Waals surface area contributed by atoms with E-state index in [2.05, 4.69) is 29.2 Å². The van der Waals surface area contributed by atoms with Gasteiger partial charge in [-0.25, -0.2) is 4.79 Å². The summed E-state index contributed by atoms with van der Waals surface area (Å²) in [6, 6.07) is 18.8. The first-order chi connectivity index (χ1) is 18.4. The molecule has 0 amide bonds. The first-order valence-electron chi connectivity index (χ1n) is 12.7. The van der Waals surface area contributed by atoms with Crippen molar-refractivity contribution in [3.05, 3.63) is 98.7 Å². The third-order valence-electron chi connectivity index (χ3n) is 7.45. The molecule has 0 unspecified atom stereocenters. The first kappa shape index (κ1) is 24.8. The summed E-state index contributed by atoms with van der Waals surface area (Å²) in [6.45, 7) is 0.297. The highest BCUT2D eigenvalue weighted by atomic mass is 35.5. The Kier molecular flexibility index (Phi) is 6.54. The van der Waals surface area contributed by atoms with Gasteiger partial charge in [0.2, 0.25) is 0 Å². The van der Waals surface area contributed by atoms with Crippen LogP contribution in [0.3, 0.4) is 0 Å². The number of rotatable bonds is 7. The number of nitrogens with zero attached hydrogens (tertiary/aromatic N) is 2. The molecule has 2 heterocycles. The third kappa shape index (κ3) is 4.63. The molecule has 1 fully saturated rings. The molecule has 1 N–H and O–H groups in total. The monoisotopic (exact) mass is 548 g/mol. The van der Waals surface area contributed by atoms with Crippen LogP contribution in [0.1, 0.15) is 64.0 Å². The Morgan fingerprint density at radius 2 is 1.84 bits per heavy atom. The van der Waals surface area contributed by atoms with Crippen molar-refractivity contribution in [2.45, 2.75) is 44.2 Å². The minimum absolute atomic E-state index is 0.106. The third-order valence-corrected chi connectivity index (χ3v) is 8.08. The van der Waals surface area contributed by atoms with E-state index in [0.717, 1.165) is 54.0 Å². The van der Waals surface area contributed by atoms with Gasteiger partial charge in [0.05, 0.1) is 27.2 Å². The van der Waals surface area contributed by atoms with Crippen molar-refractivity contribution in [3.63, 3.8) is 0 Å². The van der Waals surface area contributed by atoms with Crippen molar-refractivity contribution in [3.8, 4) is 17.0 Å². The molecule has 6 nitrogen and oxygen atoms in total. The van der Waals surface area contributed by atoms with E-state index >= 15 is 0 Å². The van der Waals surface area contributed by atoms with Crippen molar-refractivity contribution in [2.24, 2.45) is 0 Å². The number of anilines is 1. The average molecular weight is 549 g/mol. The second-order valence-electron chi connectivity index (χ2n) is 9.92. The zero-order valence-electron chi connectivity index (χ0n) is 20.8. The van der Waals surface area contributed by atoms with E-state index in [1.807, 2.05) is 24.3 Å². The summed E-state index contributed by atoms with van der Waals surface area (Å²) in [7, 11) is 2.05. The van der Waals surface area contributed by atoms with Crippen molar-refractivity contribution in [2.75, 3.05) is 11.9 Å². The van der Waals surface area contributed by atoms with Crippen LogP contribution in [0.5, 0.6) is 5.75 Å². The number of carbonyl (C=O) groups is 1. The average Bonchev–Trinajstić information content (AvgIpc) is 3.67. The Bertz CT molecular complexity index is 1510. The summed E-state index contributed by atoms with van der Waals surface area (Å²) in [6.07, 6.45) is 3.88. The van der Waals surface area contributed by atoms with Gasteiger partial charge in [-0.3, -0.25) is 0 Å². The Morgan fingerprint density at radius 1 is 1.08 bits per heavy atom. The molecule has 194 valence electrons. The number of halogens is 2. The van der Waals surface area contributed by atoms with Crippen LogP contribution in [-0.2, 0) is 13.0 Å². The van der Waals surface area contributed by atoms with Crippen LogP contribution in [0.2, 0.25) is 10.0 Å². The summed E-state index contributed by atoms with van der Waals surface area (Å²) in [5, 5.41) is 14.8. The molecule has 1 saturated carbocycles. The van der Waals surface area contributed by atoms with Crippen molar-refractivity contribution in [1.29, 1.82) is 0 Å². The van der Waals surface area contributed by atoms with Gasteiger partial charge < -0.3 is 19.3 Å². The topological polar surface area (TPSA) is 75.8 Å². The number of hydrogen-bond acceptors (Lipinski definition) is 5. The largest absolute Gasteiger partial charge is 0.489 e. The van der Waals surface area contributed by atoms with E-state index in [1.165, 1.54) is 5.56 Å². The van der Waals surface area contributed by atoms with Crippen LogP contribution in [0, 0.1) is 0 Å². The lowest BCUT2D eigenvalue weighted by Gasteiger charge is -2.36. The molecular weight excluding hydrogens is 523 g/mol. The number of carboxylic acids is 1. The molecule has 2 aliphatic rings. The maximum atomic E-state index is 11.4. The van der Waals surface area contributed by atoms with Crippen LogP contribution in [0.25, 0.3) is 11.3 Å². The second-order valence-corrected chi connectivity index (χ2v) is 10.7. The summed E-state index contributed by atoms with van der Waals surface area (Å²) >= 11 is 13.0. The summed E-state index contributed by atoms with van der Waals surface area (Å²) < 4.78 is 12.1. The minimum Gasteiger partial charge on any atom is -0.489 e. The summed E-state index contributed by atoms with van der Waals surface area (Å²) in [5.41, 5.74) is 5.79. The molecule has 3 aromatic carbocycles. The number of aromatic carboxylic acids is 1. The van der Waals surface area contributed by atoms with Gasteiger partial charge in [-0.2, -0.15) is 0 Å². The fourth-order valence-electron chi connectivity index (χ4n) is 5.32. The minimum atomic E-state index is -0.912. The molecule has 1 aromatic heterocycles. The Labute approximate surface area is 230 Å². The highest BCUT2D eigenvalue weighted by Crippen LogP contribution is 2.46. The predicted octanol–water partition coefficient (Wildman–Crippen LogP) is 7.93. The van der Waals surface area contributed by atoms with Gasteiger partial charge in [-0.1, -0.05) is 46.6 Å². The van der Waals surface area contributed by atoms with Gasteiger partial charge in [0.15, 0.2) is 0 Å². The summed E-state index contributed by atoms with van der Waals surface area (Å²) in [4.78, 5) is 13.7. The highest BCUT2D eigenvalue weighted by molar-refractivity contribution is 6.39. The van der Waals surface area contributed by atoms with Gasteiger partial charge in [-0.15, -0.1) is 0 Å². The van der Waals surface area contributed by atoms with Crippen molar-refractivity contribution in [1.82, 2.24) is 5.16 Å². The van der Waals surface area contributed by atoms with Gasteiger partial charge in [-0.05, 0) is 79.3 Å². The van der Waals surface area contributed by atoms with Crippen molar-refractivity contribution < 1.29 is 19.2 Å². The maximum absolute atomic E-state index is 11.4. The molecular formula is C30H26Cl2N2O4. The van der Waals surface area contributed by atoms with E-state index in [4.69, 9.17) is 32.5 Å². The predicted molar refractivity (Wildman–Crippen MR) is 148 cm³/mol. The molecule has 1 aliphatic carbocycles. The molecule has 1 atom stereocenters. The van der Waals surface area contributed by atoms with Gasteiger partial charge in [0, 0.05) is 24.2 Å². The molecule has 8 heteroatoms. The van der Waals surface area contributed by atoms with E-state index in [-0.39, 0.29) is 6.04 Å². The van der Waals surface area contributed by atoms with Gasteiger partial charge in [0.25, 0.3) is 0 Å². The SMILES string of the molecule is CN1c2ccc(OCc3c(-c4c(Cl)cccc4Cl)noc3C3CC3)cc2CC[C@@H]1c1cccc(C(=O)O)c1. The lowest BCUT2D eigenvalue weighted by molar-refractivity contribution is 0.0696. The number of carboxylic acid groups (broad SMARTS) is 1. The first-order valence-corrected chi connectivity index (χ1v) is 13.4. The zero-order valence-corrected chi connectivity index (χ0v) is 22.3. The lowest BCUT2D eigenvalue weighted by atomic mass is 9.91. The standard InChI is InChI=1S/C30H26Cl2N2O4/c1-34-25(18-4-2-5-20(14-18)30(35)36)12-10-19-15-21(11-13-26(19)34)37-16-22-28(33-38-29(22)17-8-9-17)27-23(31)6-3-7-24(27)32/h2-7,11,13-15,17,25H,8-10,12,16H2,1H3,(H,35,36)/t25-/m1/s1. The van der Waals surface area contributed by atoms with Crippen LogP contribution in [-0.4, -0.2) is 23.3 Å². The zero-order chi connectivity index (χ0) is 26.4. The summed E-state index contributed by atoms with van der Waals surface area (Å²) in [5.74, 6) is 1.05. The van der Waals surface area contributed by atoms with Gasteiger partial charge in [0.1, 0.15) is 23.8 Å². The highest BCUT2D eigenvalue weighted by Gasteiger charge is 2.34. The second kappa shape index (κ2) is 10.0. The number of aryl methyl sites for hydroxylation is 1. The van der Waals surface area contributed by atoms with Crippen LogP contribution in [0.15, 0.2) is 65.2 Å². The molecule has 4 aromatic rings. The Balaban J connectivity index is 1.24. The van der Waals surface area contributed by atoms with Crippen LogP contribution < -0.4 is 9.64 Å². The van der Waals surface area contributed by atoms with Crippen LogP contribution >= 0.6 is 23.2 Å². The number of ether oxygens (including phenoxy) is 1. The molecule has 0 spiro atoms. The van der Waals surface area contributed by atoms with Gasteiger partial charge >= 0.3 is 5.97 Å². The maximum Gasteiger partial charge on any atom is 0.335 e. The van der Waals surface area contributed by atoms with Crippen molar-refractivity contribution >= 4 is 34.9 Å². The fraction of sp³-hybridized carbons (Fsp3) is 0.267. The quantitative estimate of drug-likeness (QED) is 0.252. The van der Waals surface area contributed by atoms with E-state index < -0.39 is 5.97 Å². The van der Waals surface area contributed by atoms with E-state index in [9.17, 15) is 9.90 Å². The van der Waals surface area contributed by atoms with Crippen LogP contribution in [0.4, 0.5) is 5.69 Å². The molecule has 0 radical (unpaired) electrons. The number of hydrogen-bond donors (Lipinski definition) is 1. The van der Waals surface area contributed by atoms with E-state index in [1.54, 1.807) is 24.3 Å². The lowest BCUT2D eigenvalue weighted by Crippen LogP contribution is -2.29. The molecule has 0 bridgehead atoms. The molecule has 38 heavy (non-hydrogen) atoms. The number of benzene rings is 3. The molecule has 1 aliphatic heterocycles. The Hall–Kier alpha value is -3.48.